The number of ketones is 1. The first-order chi connectivity index (χ1) is 34.4. The van der Waals surface area contributed by atoms with Crippen LogP contribution < -0.4 is 16.4 Å². The number of hydrogen-bond donors (Lipinski definition) is 8. The van der Waals surface area contributed by atoms with Gasteiger partial charge in [0, 0.05) is 78.0 Å². The van der Waals surface area contributed by atoms with E-state index in [1.165, 1.54) is 44.9 Å². The number of nitrogens with one attached hydrogen (secondary N) is 2. The highest BCUT2D eigenvalue weighted by molar-refractivity contribution is 8.76. The number of rotatable bonds is 6. The molecule has 1 aliphatic heterocycles. The Bertz CT molecular complexity index is 2420. The van der Waals surface area contributed by atoms with Crippen LogP contribution in [-0.2, 0) is 4.79 Å². The molecular formula is C58H86N6O6S2. The molecule has 1 spiro atoms. The fraction of sp³-hybridized carbons (Fsp3) is 0.810. The van der Waals surface area contributed by atoms with Crippen molar-refractivity contribution in [2.24, 2.45) is 103 Å². The molecule has 7 saturated carbocycles. The van der Waals surface area contributed by atoms with Crippen molar-refractivity contribution in [2.45, 2.75) is 167 Å². The number of imidazole rings is 1. The largest absolute Gasteiger partial charge is 0.392 e. The Kier molecular flexibility index (Phi) is 12.8. The maximum atomic E-state index is 15.3. The number of fused-ring (bicyclic) bond motifs is 10. The van der Waals surface area contributed by atoms with Gasteiger partial charge in [-0.2, -0.15) is 0 Å². The third-order valence-corrected chi connectivity index (χ3v) is 25.8. The molecule has 11 aliphatic rings. The summed E-state index contributed by atoms with van der Waals surface area (Å²) in [6.07, 6.45) is 20.4. The summed E-state index contributed by atoms with van der Waals surface area (Å²) in [5, 5.41) is 69.4. The summed E-state index contributed by atoms with van der Waals surface area (Å²) in [4.78, 5) is 25.0. The Balaban J connectivity index is 1.08. The van der Waals surface area contributed by atoms with E-state index in [2.05, 4.69) is 54.1 Å². The second kappa shape index (κ2) is 18.2. The number of carbonyl (C=O) groups is 1. The monoisotopic (exact) mass is 1030 g/mol. The third-order valence-electron chi connectivity index (χ3n) is 23.2. The zero-order chi connectivity index (χ0) is 50.4. The van der Waals surface area contributed by atoms with Crippen LogP contribution in [0, 0.1) is 92.7 Å². The summed E-state index contributed by atoms with van der Waals surface area (Å²) in [6.45, 7) is 11.9. The van der Waals surface area contributed by atoms with Crippen molar-refractivity contribution < 1.29 is 30.3 Å². The topological polar surface area (TPSA) is 198 Å². The van der Waals surface area contributed by atoms with Gasteiger partial charge in [0.25, 0.3) is 0 Å². The van der Waals surface area contributed by atoms with Crippen LogP contribution in [-0.4, -0.2) is 109 Å². The van der Waals surface area contributed by atoms with Crippen molar-refractivity contribution >= 4 is 33.3 Å². The van der Waals surface area contributed by atoms with E-state index in [1.807, 2.05) is 47.2 Å². The molecule has 12 rings (SSSR count). The predicted octanol–water partition coefficient (Wildman–Crippen LogP) is 7.59. The van der Waals surface area contributed by atoms with Crippen LogP contribution in [0.5, 0.6) is 0 Å². The first-order valence-corrected chi connectivity index (χ1v) is 31.0. The van der Waals surface area contributed by atoms with Gasteiger partial charge in [-0.15, -0.1) is 0 Å². The minimum absolute atomic E-state index is 0.0310. The molecule has 1 aromatic rings. The Hall–Kier alpha value is -2.17. The molecule has 20 atom stereocenters. The van der Waals surface area contributed by atoms with E-state index in [9.17, 15) is 25.5 Å². The van der Waals surface area contributed by atoms with Gasteiger partial charge in [-0.25, -0.2) is 4.98 Å². The number of aliphatic imine (C=N–C) groups is 1. The number of allylic oxidation sites excluding steroid dienone is 3. The zero-order valence-electron chi connectivity index (χ0n) is 43.9. The summed E-state index contributed by atoms with van der Waals surface area (Å²) >= 11 is 0. The van der Waals surface area contributed by atoms with Gasteiger partial charge in [0.05, 0.1) is 30.2 Å². The molecular weight excluding hydrogens is 941 g/mol. The van der Waals surface area contributed by atoms with Gasteiger partial charge in [0.2, 0.25) is 0 Å². The van der Waals surface area contributed by atoms with Crippen molar-refractivity contribution in [2.75, 3.05) is 31.6 Å². The van der Waals surface area contributed by atoms with Crippen molar-refractivity contribution in [3.63, 3.8) is 0 Å². The van der Waals surface area contributed by atoms with Crippen LogP contribution in [0.4, 0.5) is 0 Å². The molecule has 1 saturated heterocycles. The molecule has 0 unspecified atom stereocenters. The van der Waals surface area contributed by atoms with Crippen LogP contribution in [0.3, 0.4) is 0 Å². The lowest BCUT2D eigenvalue weighted by Crippen LogP contribution is -2.70. The fourth-order valence-corrected chi connectivity index (χ4v) is 24.0. The quantitative estimate of drug-likeness (QED) is 0.0458. The Morgan fingerprint density at radius 1 is 0.944 bits per heavy atom. The number of nitrogens with zero attached hydrogens (tertiary/aromatic N) is 3. The van der Waals surface area contributed by atoms with Gasteiger partial charge in [-0.1, -0.05) is 84.4 Å². The minimum Gasteiger partial charge on any atom is -0.392 e. The van der Waals surface area contributed by atoms with E-state index in [1.54, 1.807) is 29.2 Å². The molecule has 14 heteroatoms. The van der Waals surface area contributed by atoms with E-state index in [-0.39, 0.29) is 77.0 Å². The lowest BCUT2D eigenvalue weighted by molar-refractivity contribution is -0.200. The summed E-state index contributed by atoms with van der Waals surface area (Å²) in [6, 6.07) is 0.179. The first kappa shape index (κ1) is 50.6. The molecule has 10 aliphatic carbocycles. The van der Waals surface area contributed by atoms with Crippen molar-refractivity contribution in [3.8, 4) is 0 Å². The molecule has 9 N–H and O–H groups in total. The summed E-state index contributed by atoms with van der Waals surface area (Å²) in [5.74, 6) is 0.717. The smallest absolute Gasteiger partial charge is 0.190 e. The first-order valence-electron chi connectivity index (χ1n) is 28.5. The molecule has 12 nitrogen and oxygen atoms in total. The van der Waals surface area contributed by atoms with Crippen LogP contribution in [0.25, 0.3) is 0 Å². The van der Waals surface area contributed by atoms with Crippen molar-refractivity contribution in [1.29, 1.82) is 0 Å². The lowest BCUT2D eigenvalue weighted by atomic mass is 9.38. The maximum absolute atomic E-state index is 15.3. The van der Waals surface area contributed by atoms with Crippen LogP contribution >= 0.6 is 21.6 Å². The summed E-state index contributed by atoms with van der Waals surface area (Å²) < 4.78 is 2.33. The number of carbonyl (C=O) groups excluding carboxylic acids is 1. The molecule has 0 radical (unpaired) electrons. The predicted molar refractivity (Wildman–Crippen MR) is 285 cm³/mol. The van der Waals surface area contributed by atoms with E-state index < -0.39 is 52.8 Å². The molecule has 8 fully saturated rings. The molecule has 72 heavy (non-hydrogen) atoms. The van der Waals surface area contributed by atoms with Gasteiger partial charge in [0.1, 0.15) is 6.23 Å². The Morgan fingerprint density at radius 3 is 2.43 bits per heavy atom. The average Bonchev–Trinajstić information content (AvgIpc) is 4.07. The average molecular weight is 1030 g/mol. The number of aliphatic hydroxyl groups is 5. The zero-order valence-corrected chi connectivity index (χ0v) is 45.6. The SMILES string of the molecule is CNC[C@@H]1[C@@H](O)[C@@H](O)C[C@@]2(C)[C@@H]1C(=O)C=C1[C@@H]2[C@H](CN=C(N)N[C@@H](C)O)[C@H]2CC[C@@H]3[C@@H]4[C@H](O)[C@@H]5C6=C(CCC[C@H]63)[C@H]3C(=C5C(C)(C)C[C@@H](n5ccnc5)CSSC[C@H]5C[C@H]4[C@]2(C)[C@]15O)CCCC31CCCC1. The molecule has 0 amide bonds. The summed E-state index contributed by atoms with van der Waals surface area (Å²) in [5.41, 5.74) is 11.2. The van der Waals surface area contributed by atoms with E-state index >= 15 is 4.79 Å². The van der Waals surface area contributed by atoms with Gasteiger partial charge in [-0.05, 0) is 167 Å². The van der Waals surface area contributed by atoms with Crippen molar-refractivity contribution in [3.05, 3.63) is 52.7 Å². The van der Waals surface area contributed by atoms with E-state index in [0.717, 1.165) is 56.3 Å². The highest BCUT2D eigenvalue weighted by atomic mass is 33.1. The van der Waals surface area contributed by atoms with Crippen LogP contribution in [0.15, 0.2) is 57.7 Å². The Morgan fingerprint density at radius 2 is 1.69 bits per heavy atom. The number of hydrogen-bond acceptors (Lipinski definition) is 11. The third kappa shape index (κ3) is 7.15. The van der Waals surface area contributed by atoms with E-state index in [4.69, 9.17) is 10.7 Å². The molecule has 0 aromatic carbocycles. The summed E-state index contributed by atoms with van der Waals surface area (Å²) in [7, 11) is 5.62. The van der Waals surface area contributed by atoms with Gasteiger partial charge < -0.3 is 46.5 Å². The van der Waals surface area contributed by atoms with Gasteiger partial charge in [0.15, 0.2) is 11.7 Å². The molecule has 2 heterocycles. The second-order valence-electron chi connectivity index (χ2n) is 26.7. The number of guanidine groups is 1. The van der Waals surface area contributed by atoms with Crippen LogP contribution in [0.2, 0.25) is 0 Å². The van der Waals surface area contributed by atoms with Gasteiger partial charge in [-0.3, -0.25) is 9.79 Å². The molecule has 396 valence electrons. The van der Waals surface area contributed by atoms with Gasteiger partial charge >= 0.3 is 0 Å². The fourth-order valence-electron chi connectivity index (χ4n) is 21.3. The maximum Gasteiger partial charge on any atom is 0.190 e. The molecule has 1 aromatic heterocycles. The number of nitrogens with two attached hydrogens (primary N) is 1. The van der Waals surface area contributed by atoms with Crippen molar-refractivity contribution in [1.82, 2.24) is 20.2 Å². The van der Waals surface area contributed by atoms with E-state index in [0.29, 0.717) is 36.1 Å². The molecule has 4 bridgehead atoms. The highest BCUT2D eigenvalue weighted by Crippen LogP contribution is 2.78. The standard InChI is InChI=1S/C58H86N6O6S2/c1-30(65)63-53(59)62-26-37-39-15-14-34-33-11-9-12-35-44(33)46-50(36-13-10-18-57(47(35)36)16-7-8-17-57)54(2,3)23-32(64-20-19-61-29-64)28-72-71-27-31-21-40(45(34)52(46)69)56(39,5)58(31,70)41-22-42(66)49-38(25-60-6)51(68)43(67)24-55(49,4)48(37)41/h19-20,22,29-34,37-40,43,45-49,51-52,60,65,67-70H,7-18,21,23-28H2,1-6H3,(H3,59,62,63)/t30-,31-,32-,33+,34+,37-,38+,39-,40-,43+,45+,46-,47+,48+,49+,51-,52+,55-,56-,58-/m1/s1. The minimum atomic E-state index is -1.39. The Labute approximate surface area is 436 Å². The highest BCUT2D eigenvalue weighted by Gasteiger charge is 2.78. The second-order valence-corrected chi connectivity index (χ2v) is 29.3. The normalized spacial score (nSPS) is 47.5. The van der Waals surface area contributed by atoms with Crippen LogP contribution in [0.1, 0.15) is 137 Å². The number of aromatic nitrogens is 2. The number of aliphatic hydroxyl groups excluding tert-OH is 4. The lowest BCUT2D eigenvalue weighted by Gasteiger charge is -2.67.